The standard InChI is InChI=1S/C27H28Cl2FN5O2/c1-34-16-22(25(33-27(34)37)18-3-6-23(28)24(29)14-18)26(36)32-9-2-10-35-11-7-17(8-12-35)21-5-4-20(30)13-19(21)15-31/h3-6,13-14,16-17,25H,2,7-12H2,1H3,(H,32,36)(H,33,37)/t25-/m1/s1. The average molecular weight is 544 g/mol. The van der Waals surface area contributed by atoms with Gasteiger partial charge in [0.1, 0.15) is 5.82 Å². The Morgan fingerprint density at radius 2 is 1.95 bits per heavy atom. The van der Waals surface area contributed by atoms with Gasteiger partial charge in [-0.05, 0) is 80.2 Å². The first kappa shape index (κ1) is 26.9. The SMILES string of the molecule is CN1C=C(C(=O)NCCCN2CCC(c3ccc(F)cc3C#N)CC2)[C@@H](c2ccc(Cl)c(Cl)c2)NC1=O. The highest BCUT2D eigenvalue weighted by atomic mass is 35.5. The lowest BCUT2D eigenvalue weighted by molar-refractivity contribution is -0.118. The average Bonchev–Trinajstić information content (AvgIpc) is 2.89. The summed E-state index contributed by atoms with van der Waals surface area (Å²) in [6, 6.07) is 10.6. The first-order chi connectivity index (χ1) is 17.8. The van der Waals surface area contributed by atoms with Gasteiger partial charge in [-0.2, -0.15) is 5.26 Å². The molecule has 0 bridgehead atoms. The minimum absolute atomic E-state index is 0.245. The maximum atomic E-state index is 13.5. The van der Waals surface area contributed by atoms with Gasteiger partial charge in [0.2, 0.25) is 0 Å². The van der Waals surface area contributed by atoms with Crippen LogP contribution in [0.25, 0.3) is 0 Å². The molecule has 2 heterocycles. The Bertz CT molecular complexity index is 1250. The van der Waals surface area contributed by atoms with Crippen LogP contribution in [-0.2, 0) is 4.79 Å². The van der Waals surface area contributed by atoms with Gasteiger partial charge in [0.15, 0.2) is 0 Å². The van der Waals surface area contributed by atoms with Gasteiger partial charge in [-0.3, -0.25) is 4.79 Å². The van der Waals surface area contributed by atoms with Crippen molar-refractivity contribution in [1.29, 1.82) is 5.26 Å². The molecule has 0 aliphatic carbocycles. The Balaban J connectivity index is 1.28. The van der Waals surface area contributed by atoms with Crippen molar-refractivity contribution in [2.24, 2.45) is 0 Å². The third-order valence-electron chi connectivity index (χ3n) is 6.87. The molecule has 0 unspecified atom stereocenters. The van der Waals surface area contributed by atoms with E-state index in [1.54, 1.807) is 31.3 Å². The minimum Gasteiger partial charge on any atom is -0.352 e. The molecule has 3 amide bonds. The van der Waals surface area contributed by atoms with Crippen molar-refractivity contribution in [3.63, 3.8) is 0 Å². The number of hydrogen-bond acceptors (Lipinski definition) is 4. The van der Waals surface area contributed by atoms with E-state index in [0.29, 0.717) is 33.3 Å². The number of amides is 3. The van der Waals surface area contributed by atoms with Gasteiger partial charge >= 0.3 is 6.03 Å². The highest BCUT2D eigenvalue weighted by Gasteiger charge is 2.31. The third-order valence-corrected chi connectivity index (χ3v) is 7.61. The highest BCUT2D eigenvalue weighted by Crippen LogP contribution is 2.32. The summed E-state index contributed by atoms with van der Waals surface area (Å²) in [5.74, 6) is -0.405. The summed E-state index contributed by atoms with van der Waals surface area (Å²) in [4.78, 5) is 29.0. The van der Waals surface area contributed by atoms with E-state index in [9.17, 15) is 19.2 Å². The van der Waals surface area contributed by atoms with Crippen molar-refractivity contribution in [3.8, 4) is 6.07 Å². The van der Waals surface area contributed by atoms with E-state index in [1.165, 1.54) is 23.2 Å². The molecule has 7 nitrogen and oxygen atoms in total. The van der Waals surface area contributed by atoms with Gasteiger partial charge in [0.25, 0.3) is 5.91 Å². The Morgan fingerprint density at radius 1 is 1.19 bits per heavy atom. The molecule has 0 saturated carbocycles. The van der Waals surface area contributed by atoms with Crippen molar-refractivity contribution >= 4 is 35.1 Å². The monoisotopic (exact) mass is 543 g/mol. The molecule has 1 atom stereocenters. The first-order valence-corrected chi connectivity index (χ1v) is 12.9. The fourth-order valence-electron chi connectivity index (χ4n) is 4.84. The van der Waals surface area contributed by atoms with Crippen LogP contribution in [0.5, 0.6) is 0 Å². The molecule has 2 N–H and O–H groups in total. The Morgan fingerprint density at radius 3 is 2.65 bits per heavy atom. The van der Waals surface area contributed by atoms with Gasteiger partial charge in [0.05, 0.1) is 33.3 Å². The molecule has 1 fully saturated rings. The van der Waals surface area contributed by atoms with E-state index >= 15 is 0 Å². The predicted octanol–water partition coefficient (Wildman–Crippen LogP) is 4.97. The molecule has 2 aromatic carbocycles. The number of hydrogen-bond donors (Lipinski definition) is 2. The van der Waals surface area contributed by atoms with Crippen LogP contribution in [0.2, 0.25) is 10.0 Å². The Kier molecular flexibility index (Phi) is 8.70. The van der Waals surface area contributed by atoms with Crippen LogP contribution < -0.4 is 10.6 Å². The topological polar surface area (TPSA) is 88.5 Å². The van der Waals surface area contributed by atoms with Gasteiger partial charge < -0.3 is 20.4 Å². The Labute approximate surface area is 225 Å². The summed E-state index contributed by atoms with van der Waals surface area (Å²) in [6.45, 7) is 3.07. The maximum absolute atomic E-state index is 13.5. The van der Waals surface area contributed by atoms with E-state index in [-0.39, 0.29) is 23.7 Å². The number of rotatable bonds is 7. The summed E-state index contributed by atoms with van der Waals surface area (Å²) >= 11 is 12.2. The summed E-state index contributed by atoms with van der Waals surface area (Å²) in [5.41, 5.74) is 2.42. The number of carbonyl (C=O) groups is 2. The molecule has 37 heavy (non-hydrogen) atoms. The van der Waals surface area contributed by atoms with E-state index in [1.807, 2.05) is 0 Å². The molecule has 0 spiro atoms. The van der Waals surface area contributed by atoms with Crippen LogP contribution in [0.1, 0.15) is 47.9 Å². The van der Waals surface area contributed by atoms with Crippen LogP contribution in [0, 0.1) is 17.1 Å². The quantitative estimate of drug-likeness (QED) is 0.482. The van der Waals surface area contributed by atoms with Crippen LogP contribution in [0.4, 0.5) is 9.18 Å². The lowest BCUT2D eigenvalue weighted by Gasteiger charge is -2.32. The van der Waals surface area contributed by atoms with Crippen molar-refractivity contribution in [2.45, 2.75) is 31.2 Å². The summed E-state index contributed by atoms with van der Waals surface area (Å²) in [7, 11) is 1.59. The molecular weight excluding hydrogens is 516 g/mol. The normalized spacial score (nSPS) is 18.7. The van der Waals surface area contributed by atoms with Gasteiger partial charge in [-0.15, -0.1) is 0 Å². The highest BCUT2D eigenvalue weighted by molar-refractivity contribution is 6.42. The zero-order chi connectivity index (χ0) is 26.5. The number of nitrogens with zero attached hydrogens (tertiary/aromatic N) is 3. The largest absolute Gasteiger partial charge is 0.352 e. The molecule has 4 rings (SSSR count). The zero-order valence-corrected chi connectivity index (χ0v) is 21.9. The van der Waals surface area contributed by atoms with Gasteiger partial charge in [-0.25, -0.2) is 9.18 Å². The molecule has 10 heteroatoms. The molecule has 2 aliphatic rings. The summed E-state index contributed by atoms with van der Waals surface area (Å²) < 4.78 is 13.5. The molecular formula is C27H28Cl2FN5O2. The molecule has 194 valence electrons. The lowest BCUT2D eigenvalue weighted by atomic mass is 9.86. The summed E-state index contributed by atoms with van der Waals surface area (Å²) in [6.07, 6.45) is 4.11. The number of carbonyl (C=O) groups excluding carboxylic acids is 2. The van der Waals surface area contributed by atoms with E-state index in [2.05, 4.69) is 21.6 Å². The minimum atomic E-state index is -0.637. The number of piperidine rings is 1. The lowest BCUT2D eigenvalue weighted by Crippen LogP contribution is -2.45. The number of nitrogens with one attached hydrogen (secondary N) is 2. The zero-order valence-electron chi connectivity index (χ0n) is 20.4. The van der Waals surface area contributed by atoms with Crippen LogP contribution in [0.3, 0.4) is 0 Å². The van der Waals surface area contributed by atoms with Crippen molar-refractivity contribution < 1.29 is 14.0 Å². The van der Waals surface area contributed by atoms with E-state index in [0.717, 1.165) is 44.5 Å². The Hall–Kier alpha value is -3.12. The molecule has 2 aromatic rings. The van der Waals surface area contributed by atoms with Crippen molar-refractivity contribution in [3.05, 3.63) is 80.7 Å². The molecule has 0 aromatic heterocycles. The second-order valence-electron chi connectivity index (χ2n) is 9.32. The van der Waals surface area contributed by atoms with Crippen LogP contribution in [0.15, 0.2) is 48.2 Å². The number of benzene rings is 2. The maximum Gasteiger partial charge on any atom is 0.321 e. The third kappa shape index (κ3) is 6.42. The fourth-order valence-corrected chi connectivity index (χ4v) is 5.15. The van der Waals surface area contributed by atoms with Crippen molar-refractivity contribution in [2.75, 3.05) is 33.2 Å². The number of nitriles is 1. The van der Waals surface area contributed by atoms with Crippen molar-refractivity contribution in [1.82, 2.24) is 20.4 Å². The second-order valence-corrected chi connectivity index (χ2v) is 10.1. The number of likely N-dealkylation sites (tertiary alicyclic amines) is 1. The summed E-state index contributed by atoms with van der Waals surface area (Å²) in [5, 5.41) is 15.9. The smallest absolute Gasteiger partial charge is 0.321 e. The second kappa shape index (κ2) is 12.0. The number of urea groups is 1. The molecule has 1 saturated heterocycles. The van der Waals surface area contributed by atoms with Crippen LogP contribution in [-0.4, -0.2) is 55.0 Å². The van der Waals surface area contributed by atoms with Crippen LogP contribution >= 0.6 is 23.2 Å². The first-order valence-electron chi connectivity index (χ1n) is 12.2. The molecule has 0 radical (unpaired) electrons. The number of halogens is 3. The van der Waals surface area contributed by atoms with Gasteiger partial charge in [-0.1, -0.05) is 35.3 Å². The molecule has 2 aliphatic heterocycles. The van der Waals surface area contributed by atoms with Gasteiger partial charge in [0, 0.05) is 19.8 Å². The van der Waals surface area contributed by atoms with E-state index < -0.39 is 6.04 Å². The fraction of sp³-hybridized carbons (Fsp3) is 0.370. The van der Waals surface area contributed by atoms with E-state index in [4.69, 9.17) is 23.2 Å². The predicted molar refractivity (Wildman–Crippen MR) is 141 cm³/mol.